The molecule has 0 radical (unpaired) electrons. The molecule has 70 heavy (non-hydrogen) atoms. The van der Waals surface area contributed by atoms with E-state index in [2.05, 4.69) is 221 Å². The zero-order chi connectivity index (χ0) is 47.3. The van der Waals surface area contributed by atoms with Crippen LogP contribution in [0.15, 0.2) is 174 Å². The van der Waals surface area contributed by atoms with Crippen molar-refractivity contribution < 1.29 is 4.42 Å². The van der Waals surface area contributed by atoms with Crippen LogP contribution in [0.3, 0.4) is 0 Å². The van der Waals surface area contributed by atoms with Crippen LogP contribution in [0.25, 0.3) is 53.2 Å². The van der Waals surface area contributed by atoms with Crippen molar-refractivity contribution in [3.05, 3.63) is 192 Å². The highest BCUT2D eigenvalue weighted by atomic mass is 32.1. The van der Waals surface area contributed by atoms with E-state index >= 15 is 0 Å². The van der Waals surface area contributed by atoms with Gasteiger partial charge in [0.25, 0.3) is 0 Å². The standard InChI is InChI=1S/C66H60N2OS/c1-64(2,3)42-21-25-48(26-22-42)67(46-15-9-7-10-16-46)50-29-30-52-58(38-50)70-57-32-31-53-59-54(66(62(53)61(52)57)44-34-40-33-41(36-44)37-45(66)35-40)39-55(60-51-19-13-14-20-56(51)69-63(59)60)68(47-17-11-8-12-18-47)49-27-23-43(24-28-49)65(4,5)6/h7-32,38-41,44-45H,33-37H2,1-6H3. The monoisotopic (exact) mass is 928 g/mol. The third kappa shape index (κ3) is 6.17. The highest BCUT2D eigenvalue weighted by Crippen LogP contribution is 2.72. The third-order valence-electron chi connectivity index (χ3n) is 17.3. The summed E-state index contributed by atoms with van der Waals surface area (Å²) in [6.07, 6.45) is 6.63. The van der Waals surface area contributed by atoms with Gasteiger partial charge < -0.3 is 14.2 Å². The van der Waals surface area contributed by atoms with Crippen LogP contribution in [-0.2, 0) is 16.2 Å². The Balaban J connectivity index is 1.03. The lowest BCUT2D eigenvalue weighted by Gasteiger charge is -2.61. The highest BCUT2D eigenvalue weighted by Gasteiger charge is 2.63. The lowest BCUT2D eigenvalue weighted by Crippen LogP contribution is -2.55. The summed E-state index contributed by atoms with van der Waals surface area (Å²) in [5, 5.41) is 5.21. The number of fused-ring (bicyclic) bond motifs is 11. The molecular formula is C66H60N2OS. The topological polar surface area (TPSA) is 19.6 Å². The van der Waals surface area contributed by atoms with E-state index < -0.39 is 0 Å². The SMILES string of the molecule is CC(C)(C)c1ccc(N(c2ccccc2)c2ccc3c(c2)sc2ccc4c(c23)C2(c3cc(N(c5ccccc5)c5ccc(C(C)(C)C)cc5)c5c(oc6ccccc65)c3-4)C3CC4CC(C3)CC2C4)cc1. The van der Waals surface area contributed by atoms with E-state index in [1.54, 1.807) is 5.56 Å². The molecule has 15 rings (SSSR count). The second-order valence-corrected chi connectivity index (χ2v) is 24.5. The van der Waals surface area contributed by atoms with Crippen LogP contribution in [0.5, 0.6) is 0 Å². The number of benzene rings is 8. The molecule has 8 aromatic carbocycles. The molecule has 3 nitrogen and oxygen atoms in total. The lowest BCUT2D eigenvalue weighted by molar-refractivity contribution is -0.0393. The van der Waals surface area contributed by atoms with Gasteiger partial charge in [-0.25, -0.2) is 0 Å². The molecule has 5 aliphatic rings. The Labute approximate surface area is 416 Å². The van der Waals surface area contributed by atoms with E-state index in [9.17, 15) is 0 Å². The number of rotatable bonds is 6. The Kier molecular flexibility index (Phi) is 9.17. The largest absolute Gasteiger partial charge is 0.455 e. The van der Waals surface area contributed by atoms with Gasteiger partial charge in [-0.1, -0.05) is 133 Å². The summed E-state index contributed by atoms with van der Waals surface area (Å²) >= 11 is 1.97. The molecule has 4 fully saturated rings. The Hall–Kier alpha value is -6.62. The number of anilines is 6. The molecule has 2 heterocycles. The summed E-state index contributed by atoms with van der Waals surface area (Å²) < 4.78 is 10.1. The van der Waals surface area contributed by atoms with Gasteiger partial charge in [0.2, 0.25) is 0 Å². The van der Waals surface area contributed by atoms with Crippen LogP contribution in [0, 0.1) is 23.7 Å². The Morgan fingerprint density at radius 2 is 1.03 bits per heavy atom. The van der Waals surface area contributed by atoms with E-state index in [1.165, 1.54) is 108 Å². The third-order valence-corrected chi connectivity index (χ3v) is 18.4. The second kappa shape index (κ2) is 15.2. The van der Waals surface area contributed by atoms with Gasteiger partial charge >= 0.3 is 0 Å². The summed E-state index contributed by atoms with van der Waals surface area (Å²) in [6.45, 7) is 13.8. The quantitative estimate of drug-likeness (QED) is 0.166. The molecule has 0 aliphatic heterocycles. The molecule has 10 aromatic rings. The van der Waals surface area contributed by atoms with Gasteiger partial charge in [-0.2, -0.15) is 0 Å². The zero-order valence-electron chi connectivity index (χ0n) is 41.2. The van der Waals surface area contributed by atoms with Crippen LogP contribution in [-0.4, -0.2) is 0 Å². The molecule has 2 aromatic heterocycles. The minimum atomic E-state index is -0.129. The molecule has 0 amide bonds. The van der Waals surface area contributed by atoms with Crippen molar-refractivity contribution in [2.75, 3.05) is 9.80 Å². The number of hydrogen-bond donors (Lipinski definition) is 0. The summed E-state index contributed by atoms with van der Waals surface area (Å²) in [5.74, 6) is 2.78. The lowest BCUT2D eigenvalue weighted by atomic mass is 9.43. The number of nitrogens with zero attached hydrogens (tertiary/aromatic N) is 2. The first kappa shape index (κ1) is 42.3. The Bertz CT molecular complexity index is 3650. The van der Waals surface area contributed by atoms with Crippen LogP contribution >= 0.6 is 11.3 Å². The van der Waals surface area contributed by atoms with E-state index in [-0.39, 0.29) is 16.2 Å². The minimum absolute atomic E-state index is 0.0493. The van der Waals surface area contributed by atoms with E-state index in [0.717, 1.165) is 40.1 Å². The van der Waals surface area contributed by atoms with Gasteiger partial charge in [-0.05, 0) is 173 Å². The number of hydrogen-bond acceptors (Lipinski definition) is 4. The van der Waals surface area contributed by atoms with Gasteiger partial charge in [0.05, 0.1) is 11.1 Å². The van der Waals surface area contributed by atoms with Crippen molar-refractivity contribution in [3.8, 4) is 11.1 Å². The number of furan rings is 1. The first-order valence-electron chi connectivity index (χ1n) is 25.8. The first-order valence-corrected chi connectivity index (χ1v) is 26.7. The van der Waals surface area contributed by atoms with Gasteiger partial charge in [-0.15, -0.1) is 11.3 Å². The van der Waals surface area contributed by atoms with Crippen molar-refractivity contribution in [1.29, 1.82) is 0 Å². The van der Waals surface area contributed by atoms with Crippen molar-refractivity contribution in [2.24, 2.45) is 23.7 Å². The molecule has 0 saturated heterocycles. The Morgan fingerprint density at radius 1 is 0.486 bits per heavy atom. The fourth-order valence-corrected chi connectivity index (χ4v) is 15.6. The summed E-state index contributed by atoms with van der Waals surface area (Å²) in [4.78, 5) is 4.97. The van der Waals surface area contributed by atoms with Crippen molar-refractivity contribution in [3.63, 3.8) is 0 Å². The van der Waals surface area contributed by atoms with Gasteiger partial charge in [0.15, 0.2) is 0 Å². The predicted octanol–water partition coefficient (Wildman–Crippen LogP) is 19.2. The van der Waals surface area contributed by atoms with Gasteiger partial charge in [0.1, 0.15) is 11.2 Å². The fourth-order valence-electron chi connectivity index (χ4n) is 14.4. The number of para-hydroxylation sites is 3. The predicted molar refractivity (Wildman–Crippen MR) is 297 cm³/mol. The highest BCUT2D eigenvalue weighted by molar-refractivity contribution is 7.25. The van der Waals surface area contributed by atoms with Gasteiger partial charge in [-0.3, -0.25) is 0 Å². The summed E-state index contributed by atoms with van der Waals surface area (Å²) in [5.41, 5.74) is 17.5. The van der Waals surface area contributed by atoms with E-state index in [1.807, 2.05) is 11.3 Å². The molecule has 4 bridgehead atoms. The first-order chi connectivity index (χ1) is 33.9. The zero-order valence-corrected chi connectivity index (χ0v) is 42.0. The van der Waals surface area contributed by atoms with Crippen LogP contribution in [0.4, 0.5) is 34.1 Å². The molecule has 1 spiro atoms. The molecule has 5 aliphatic carbocycles. The van der Waals surface area contributed by atoms with Crippen LogP contribution in [0.1, 0.15) is 95.9 Å². The summed E-state index contributed by atoms with van der Waals surface area (Å²) in [6, 6.07) is 64.3. The molecular weight excluding hydrogens is 869 g/mol. The maximum absolute atomic E-state index is 7.37. The molecule has 0 unspecified atom stereocenters. The number of thiophene rings is 1. The average Bonchev–Trinajstić information content (AvgIpc) is 4.02. The average molecular weight is 929 g/mol. The van der Waals surface area contributed by atoms with Crippen molar-refractivity contribution >= 4 is 87.6 Å². The molecule has 0 N–H and O–H groups in total. The molecule has 4 heteroatoms. The van der Waals surface area contributed by atoms with Gasteiger partial charge in [0, 0.05) is 65.0 Å². The van der Waals surface area contributed by atoms with Crippen molar-refractivity contribution in [1.82, 2.24) is 0 Å². The maximum atomic E-state index is 7.37. The molecule has 0 atom stereocenters. The molecule has 4 saturated carbocycles. The van der Waals surface area contributed by atoms with E-state index in [0.29, 0.717) is 11.8 Å². The normalized spacial score (nSPS) is 21.3. The minimum Gasteiger partial charge on any atom is -0.455 e. The molecule has 346 valence electrons. The van der Waals surface area contributed by atoms with Crippen molar-refractivity contribution in [2.45, 2.75) is 89.9 Å². The van der Waals surface area contributed by atoms with Crippen LogP contribution in [0.2, 0.25) is 0 Å². The fraction of sp³-hybridized carbons (Fsp3) is 0.273. The van der Waals surface area contributed by atoms with Crippen LogP contribution < -0.4 is 9.80 Å². The summed E-state index contributed by atoms with van der Waals surface area (Å²) in [7, 11) is 0. The van der Waals surface area contributed by atoms with E-state index in [4.69, 9.17) is 4.42 Å². The smallest absolute Gasteiger partial charge is 0.145 e. The maximum Gasteiger partial charge on any atom is 0.145 e. The second-order valence-electron chi connectivity index (χ2n) is 23.4. The Morgan fingerprint density at radius 3 is 1.64 bits per heavy atom.